The lowest BCUT2D eigenvalue weighted by Crippen LogP contribution is -2.38. The first-order valence-electron chi connectivity index (χ1n) is 9.42. The molecule has 3 amide bonds. The average Bonchev–Trinajstić information content (AvgIpc) is 3.33. The fraction of sp³-hybridized carbons (Fsp3) is 0.333. The molecule has 0 bridgehead atoms. The van der Waals surface area contributed by atoms with Crippen LogP contribution in [-0.4, -0.2) is 66.9 Å². The van der Waals surface area contributed by atoms with E-state index in [9.17, 15) is 19.2 Å². The minimum absolute atomic E-state index is 0.00541. The predicted molar refractivity (Wildman–Crippen MR) is 104 cm³/mol. The SMILES string of the molecule is CCOC(=O)CN(CCOC)C(=O)c1ccc2c(c1)C(=O)N(Cc1ccco1)C2=O. The van der Waals surface area contributed by atoms with Gasteiger partial charge in [-0.2, -0.15) is 0 Å². The van der Waals surface area contributed by atoms with Crippen molar-refractivity contribution in [3.05, 3.63) is 59.0 Å². The lowest BCUT2D eigenvalue weighted by molar-refractivity contribution is -0.143. The molecule has 0 aliphatic carbocycles. The number of imide groups is 1. The van der Waals surface area contributed by atoms with E-state index in [1.807, 2.05) is 0 Å². The normalized spacial score (nSPS) is 12.8. The van der Waals surface area contributed by atoms with Gasteiger partial charge in [-0.3, -0.25) is 24.1 Å². The third kappa shape index (κ3) is 4.41. The topological polar surface area (TPSA) is 106 Å². The number of carbonyl (C=O) groups excluding carboxylic acids is 4. The molecule has 0 atom stereocenters. The second kappa shape index (κ2) is 9.36. The van der Waals surface area contributed by atoms with Gasteiger partial charge in [-0.15, -0.1) is 0 Å². The summed E-state index contributed by atoms with van der Waals surface area (Å²) >= 11 is 0. The lowest BCUT2D eigenvalue weighted by atomic mass is 10.0. The fourth-order valence-corrected chi connectivity index (χ4v) is 3.12. The zero-order valence-electron chi connectivity index (χ0n) is 16.8. The number of fused-ring (bicyclic) bond motifs is 1. The smallest absolute Gasteiger partial charge is 0.325 e. The maximum atomic E-state index is 13.0. The highest BCUT2D eigenvalue weighted by molar-refractivity contribution is 6.22. The van der Waals surface area contributed by atoms with Gasteiger partial charge in [-0.05, 0) is 37.3 Å². The molecule has 0 fully saturated rings. The van der Waals surface area contributed by atoms with Crippen LogP contribution in [-0.2, 0) is 20.8 Å². The standard InChI is InChI=1S/C21H22N2O7/c1-3-29-18(24)13-22(8-10-28-2)19(25)14-6-7-16-17(11-14)21(27)23(20(16)26)12-15-5-4-9-30-15/h4-7,9,11H,3,8,10,12-13H2,1-2H3. The van der Waals surface area contributed by atoms with E-state index in [1.165, 1.54) is 36.5 Å². The Morgan fingerprint density at radius 2 is 1.90 bits per heavy atom. The molecular formula is C21H22N2O7. The first-order chi connectivity index (χ1) is 14.5. The quantitative estimate of drug-likeness (QED) is 0.454. The van der Waals surface area contributed by atoms with Crippen molar-refractivity contribution in [3.63, 3.8) is 0 Å². The molecule has 0 spiro atoms. The molecule has 30 heavy (non-hydrogen) atoms. The first-order valence-corrected chi connectivity index (χ1v) is 9.42. The molecule has 0 saturated heterocycles. The number of amides is 3. The Balaban J connectivity index is 1.82. The number of benzene rings is 1. The van der Waals surface area contributed by atoms with Gasteiger partial charge in [-0.1, -0.05) is 0 Å². The minimum Gasteiger partial charge on any atom is -0.467 e. The Hall–Kier alpha value is -3.46. The van der Waals surface area contributed by atoms with E-state index >= 15 is 0 Å². The van der Waals surface area contributed by atoms with Gasteiger partial charge in [0.05, 0.1) is 37.1 Å². The van der Waals surface area contributed by atoms with Crippen molar-refractivity contribution in [3.8, 4) is 0 Å². The highest BCUT2D eigenvalue weighted by atomic mass is 16.5. The van der Waals surface area contributed by atoms with Gasteiger partial charge < -0.3 is 18.8 Å². The van der Waals surface area contributed by atoms with E-state index in [-0.39, 0.29) is 49.5 Å². The Morgan fingerprint density at radius 1 is 1.13 bits per heavy atom. The van der Waals surface area contributed by atoms with Crippen LogP contribution in [0.25, 0.3) is 0 Å². The number of hydrogen-bond acceptors (Lipinski definition) is 7. The largest absolute Gasteiger partial charge is 0.467 e. The summed E-state index contributed by atoms with van der Waals surface area (Å²) in [4.78, 5) is 52.5. The molecule has 2 aromatic rings. The summed E-state index contributed by atoms with van der Waals surface area (Å²) in [5, 5.41) is 0. The number of esters is 1. The summed E-state index contributed by atoms with van der Waals surface area (Å²) in [5.74, 6) is -1.49. The molecule has 0 saturated carbocycles. The summed E-state index contributed by atoms with van der Waals surface area (Å²) in [7, 11) is 1.49. The third-order valence-electron chi connectivity index (χ3n) is 4.59. The molecule has 0 radical (unpaired) electrons. The van der Waals surface area contributed by atoms with Crippen molar-refractivity contribution in [2.45, 2.75) is 13.5 Å². The number of carbonyl (C=O) groups is 4. The summed E-state index contributed by atoms with van der Waals surface area (Å²) in [6, 6.07) is 7.63. The highest BCUT2D eigenvalue weighted by Gasteiger charge is 2.36. The van der Waals surface area contributed by atoms with E-state index in [4.69, 9.17) is 13.9 Å². The first kappa shape index (κ1) is 21.3. The van der Waals surface area contributed by atoms with E-state index in [2.05, 4.69) is 0 Å². The predicted octanol–water partition coefficient (Wildman–Crippen LogP) is 1.73. The molecule has 158 valence electrons. The second-order valence-corrected chi connectivity index (χ2v) is 6.56. The molecule has 0 unspecified atom stereocenters. The number of hydrogen-bond donors (Lipinski definition) is 0. The molecule has 0 N–H and O–H groups in total. The van der Waals surface area contributed by atoms with Gasteiger partial charge in [0.25, 0.3) is 17.7 Å². The monoisotopic (exact) mass is 414 g/mol. The lowest BCUT2D eigenvalue weighted by Gasteiger charge is -2.21. The van der Waals surface area contributed by atoms with Crippen LogP contribution in [0, 0.1) is 0 Å². The summed E-state index contributed by atoms with van der Waals surface area (Å²) < 4.78 is 15.1. The highest BCUT2D eigenvalue weighted by Crippen LogP contribution is 2.26. The van der Waals surface area contributed by atoms with Gasteiger partial charge in [0.1, 0.15) is 12.3 Å². The van der Waals surface area contributed by atoms with Crippen molar-refractivity contribution in [2.75, 3.05) is 33.4 Å². The molecule has 9 nitrogen and oxygen atoms in total. The summed E-state index contributed by atoms with van der Waals surface area (Å²) in [5.41, 5.74) is 0.548. The van der Waals surface area contributed by atoms with Gasteiger partial charge in [0.2, 0.25) is 0 Å². The van der Waals surface area contributed by atoms with Crippen molar-refractivity contribution in [1.29, 1.82) is 0 Å². The molecular weight excluding hydrogens is 392 g/mol. The van der Waals surface area contributed by atoms with E-state index in [0.29, 0.717) is 5.76 Å². The van der Waals surface area contributed by atoms with E-state index < -0.39 is 23.7 Å². The van der Waals surface area contributed by atoms with Gasteiger partial charge in [0.15, 0.2) is 0 Å². The van der Waals surface area contributed by atoms with Crippen LogP contribution >= 0.6 is 0 Å². The van der Waals surface area contributed by atoms with Crippen LogP contribution in [0.2, 0.25) is 0 Å². The van der Waals surface area contributed by atoms with Crippen molar-refractivity contribution < 1.29 is 33.1 Å². The molecule has 2 heterocycles. The number of nitrogens with zero attached hydrogens (tertiary/aromatic N) is 2. The van der Waals surface area contributed by atoms with Crippen LogP contribution in [0.5, 0.6) is 0 Å². The zero-order chi connectivity index (χ0) is 21.7. The van der Waals surface area contributed by atoms with Crippen LogP contribution in [0.1, 0.15) is 43.8 Å². The minimum atomic E-state index is -0.543. The molecule has 1 aromatic carbocycles. The van der Waals surface area contributed by atoms with Crippen LogP contribution in [0.15, 0.2) is 41.0 Å². The molecule has 3 rings (SSSR count). The molecule has 1 aliphatic rings. The molecule has 9 heteroatoms. The average molecular weight is 414 g/mol. The van der Waals surface area contributed by atoms with E-state index in [0.717, 1.165) is 4.90 Å². The van der Waals surface area contributed by atoms with Gasteiger partial charge in [-0.25, -0.2) is 0 Å². The van der Waals surface area contributed by atoms with E-state index in [1.54, 1.807) is 19.1 Å². The summed E-state index contributed by atoms with van der Waals surface area (Å²) in [6.07, 6.45) is 1.46. The molecule has 1 aromatic heterocycles. The Labute approximate surface area is 173 Å². The number of methoxy groups -OCH3 is 1. The second-order valence-electron chi connectivity index (χ2n) is 6.56. The van der Waals surface area contributed by atoms with Crippen LogP contribution in [0.3, 0.4) is 0 Å². The van der Waals surface area contributed by atoms with Crippen LogP contribution < -0.4 is 0 Å². The number of rotatable bonds is 9. The van der Waals surface area contributed by atoms with Gasteiger partial charge >= 0.3 is 5.97 Å². The Kier molecular flexibility index (Phi) is 6.63. The maximum absolute atomic E-state index is 13.0. The number of furan rings is 1. The Bertz CT molecular complexity index is 952. The van der Waals surface area contributed by atoms with Gasteiger partial charge in [0, 0.05) is 19.2 Å². The summed E-state index contributed by atoms with van der Waals surface area (Å²) in [6.45, 7) is 2.03. The maximum Gasteiger partial charge on any atom is 0.325 e. The van der Waals surface area contributed by atoms with Crippen molar-refractivity contribution >= 4 is 23.7 Å². The molecule has 1 aliphatic heterocycles. The van der Waals surface area contributed by atoms with Crippen molar-refractivity contribution in [2.24, 2.45) is 0 Å². The van der Waals surface area contributed by atoms with Crippen LogP contribution in [0.4, 0.5) is 0 Å². The Morgan fingerprint density at radius 3 is 2.57 bits per heavy atom. The zero-order valence-corrected chi connectivity index (χ0v) is 16.8. The third-order valence-corrected chi connectivity index (χ3v) is 4.59. The fourth-order valence-electron chi connectivity index (χ4n) is 3.12. The number of ether oxygens (including phenoxy) is 2. The van der Waals surface area contributed by atoms with Crippen molar-refractivity contribution in [1.82, 2.24) is 9.80 Å².